The Bertz CT molecular complexity index is 541. The van der Waals surface area contributed by atoms with Crippen molar-refractivity contribution >= 4 is 23.3 Å². The third-order valence-corrected chi connectivity index (χ3v) is 3.38. The highest BCUT2D eigenvalue weighted by molar-refractivity contribution is 6.33. The average molecular weight is 328 g/mol. The number of anilines is 1. The first-order chi connectivity index (χ1) is 9.71. The molecule has 4 nitrogen and oxygen atoms in total. The highest BCUT2D eigenvalue weighted by atomic mass is 35.5. The van der Waals surface area contributed by atoms with Crippen LogP contribution < -0.4 is 4.90 Å². The minimum atomic E-state index is -4.56. The van der Waals surface area contributed by atoms with E-state index in [1.54, 1.807) is 0 Å². The number of carboxylic acids is 1. The van der Waals surface area contributed by atoms with Crippen molar-refractivity contribution < 1.29 is 32.2 Å². The predicted molar refractivity (Wildman–Crippen MR) is 66.4 cm³/mol. The summed E-state index contributed by atoms with van der Waals surface area (Å²) in [7, 11) is 0. The lowest BCUT2D eigenvalue weighted by atomic mass is 10.1. The maximum absolute atomic E-state index is 13.7. The summed E-state index contributed by atoms with van der Waals surface area (Å²) in [6.07, 6.45) is -4.56. The van der Waals surface area contributed by atoms with Crippen molar-refractivity contribution in [2.24, 2.45) is 0 Å². The van der Waals surface area contributed by atoms with Crippen LogP contribution in [0.3, 0.4) is 0 Å². The van der Waals surface area contributed by atoms with Gasteiger partial charge in [-0.3, -0.25) is 0 Å². The lowest BCUT2D eigenvalue weighted by Gasteiger charge is -2.38. The number of benzene rings is 1. The highest BCUT2D eigenvalue weighted by Gasteiger charge is 2.45. The lowest BCUT2D eigenvalue weighted by Crippen LogP contribution is -2.53. The summed E-state index contributed by atoms with van der Waals surface area (Å²) >= 11 is 5.65. The average Bonchev–Trinajstić information content (AvgIpc) is 2.36. The first-order valence-corrected chi connectivity index (χ1v) is 6.23. The molecule has 1 aromatic carbocycles. The first kappa shape index (κ1) is 15.8. The molecule has 0 spiro atoms. The molecule has 1 N–H and O–H groups in total. The molecule has 1 unspecified atom stereocenters. The summed E-state index contributed by atoms with van der Waals surface area (Å²) in [5, 5.41) is 8.34. The molecule has 1 aliphatic heterocycles. The molecular formula is C12H10ClF4NO3. The molecular weight excluding hydrogens is 318 g/mol. The summed E-state index contributed by atoms with van der Waals surface area (Å²) in [5.41, 5.74) is -0.898. The van der Waals surface area contributed by atoms with Crippen LogP contribution >= 0.6 is 11.6 Å². The van der Waals surface area contributed by atoms with Gasteiger partial charge in [-0.05, 0) is 12.1 Å². The van der Waals surface area contributed by atoms with Crippen LogP contribution in [0.15, 0.2) is 12.1 Å². The Morgan fingerprint density at radius 2 is 2.10 bits per heavy atom. The van der Waals surface area contributed by atoms with E-state index in [0.29, 0.717) is 0 Å². The molecule has 2 rings (SSSR count). The molecule has 9 heteroatoms. The van der Waals surface area contributed by atoms with E-state index < -0.39 is 41.2 Å². The number of hydrogen-bond acceptors (Lipinski definition) is 3. The molecule has 0 aromatic heterocycles. The van der Waals surface area contributed by atoms with Gasteiger partial charge >= 0.3 is 12.1 Å². The van der Waals surface area contributed by atoms with Crippen LogP contribution in [-0.2, 0) is 4.74 Å². The second-order valence-electron chi connectivity index (χ2n) is 4.42. The summed E-state index contributed by atoms with van der Waals surface area (Å²) in [5.74, 6) is -2.77. The van der Waals surface area contributed by atoms with Gasteiger partial charge in [0.05, 0.1) is 18.2 Å². The molecule has 1 aromatic rings. The van der Waals surface area contributed by atoms with E-state index in [0.717, 1.165) is 17.0 Å². The summed E-state index contributed by atoms with van der Waals surface area (Å²) in [6.45, 7) is -0.637. The number of alkyl halides is 3. The van der Waals surface area contributed by atoms with Crippen LogP contribution in [0, 0.1) is 5.82 Å². The number of ether oxygens (including phenoxy) is 1. The van der Waals surface area contributed by atoms with Gasteiger partial charge in [0.25, 0.3) is 0 Å². The van der Waals surface area contributed by atoms with Crippen molar-refractivity contribution in [3.8, 4) is 0 Å². The summed E-state index contributed by atoms with van der Waals surface area (Å²) in [6, 6.07) is -0.185. The molecule has 0 amide bonds. The van der Waals surface area contributed by atoms with Gasteiger partial charge in [-0.2, -0.15) is 13.2 Å². The molecule has 116 valence electrons. The third-order valence-electron chi connectivity index (χ3n) is 3.08. The number of nitrogens with zero attached hydrogens (tertiary/aromatic N) is 1. The molecule has 21 heavy (non-hydrogen) atoms. The van der Waals surface area contributed by atoms with Gasteiger partial charge in [-0.15, -0.1) is 0 Å². The zero-order valence-corrected chi connectivity index (χ0v) is 11.2. The van der Waals surface area contributed by atoms with E-state index in [-0.39, 0.29) is 18.8 Å². The standard InChI is InChI=1S/C12H10ClF4NO3/c13-7-3-6(4-8(14)10(7)11(19)20)18-1-2-21-5-9(18)12(15,16)17/h3-4,9H,1-2,5H2,(H,19,20). The van der Waals surface area contributed by atoms with Crippen LogP contribution in [0.2, 0.25) is 5.02 Å². The topological polar surface area (TPSA) is 49.8 Å². The molecule has 1 heterocycles. The van der Waals surface area contributed by atoms with Gasteiger partial charge in [0, 0.05) is 12.2 Å². The quantitative estimate of drug-likeness (QED) is 0.849. The van der Waals surface area contributed by atoms with Crippen molar-refractivity contribution in [2.75, 3.05) is 24.7 Å². The van der Waals surface area contributed by atoms with E-state index in [4.69, 9.17) is 21.4 Å². The zero-order chi connectivity index (χ0) is 15.8. The number of carbonyl (C=O) groups is 1. The number of aromatic carboxylic acids is 1. The summed E-state index contributed by atoms with van der Waals surface area (Å²) < 4.78 is 57.4. The fourth-order valence-corrected chi connectivity index (χ4v) is 2.40. The lowest BCUT2D eigenvalue weighted by molar-refractivity contribution is -0.167. The molecule has 1 fully saturated rings. The Morgan fingerprint density at radius 1 is 1.43 bits per heavy atom. The van der Waals surface area contributed by atoms with Gasteiger partial charge in [0.1, 0.15) is 17.4 Å². The fourth-order valence-electron chi connectivity index (χ4n) is 2.11. The molecule has 1 saturated heterocycles. The number of carboxylic acid groups (broad SMARTS) is 1. The smallest absolute Gasteiger partial charge is 0.411 e. The van der Waals surface area contributed by atoms with Crippen LogP contribution in [0.1, 0.15) is 10.4 Å². The van der Waals surface area contributed by atoms with Crippen molar-refractivity contribution in [1.29, 1.82) is 0 Å². The molecule has 0 saturated carbocycles. The SMILES string of the molecule is O=C(O)c1c(F)cc(N2CCOCC2C(F)(F)F)cc1Cl. The minimum Gasteiger partial charge on any atom is -0.478 e. The van der Waals surface area contributed by atoms with E-state index in [1.807, 2.05) is 0 Å². The number of hydrogen-bond donors (Lipinski definition) is 1. The van der Waals surface area contributed by atoms with Crippen molar-refractivity contribution in [2.45, 2.75) is 12.2 Å². The molecule has 0 radical (unpaired) electrons. The Morgan fingerprint density at radius 3 is 2.62 bits per heavy atom. The van der Waals surface area contributed by atoms with E-state index in [9.17, 15) is 22.4 Å². The third kappa shape index (κ3) is 3.21. The highest BCUT2D eigenvalue weighted by Crippen LogP contribution is 2.34. The Hall–Kier alpha value is -1.54. The maximum Gasteiger partial charge on any atom is 0.411 e. The van der Waals surface area contributed by atoms with Gasteiger partial charge in [0.2, 0.25) is 0 Å². The summed E-state index contributed by atoms with van der Waals surface area (Å²) in [4.78, 5) is 11.7. The van der Waals surface area contributed by atoms with Gasteiger partial charge in [-0.25, -0.2) is 9.18 Å². The monoisotopic (exact) mass is 327 g/mol. The molecule has 1 atom stereocenters. The predicted octanol–water partition coefficient (Wildman–Crippen LogP) is 2.94. The van der Waals surface area contributed by atoms with Gasteiger partial charge < -0.3 is 14.7 Å². The zero-order valence-electron chi connectivity index (χ0n) is 10.5. The minimum absolute atomic E-state index is 0.0481. The largest absolute Gasteiger partial charge is 0.478 e. The Labute approximate surface area is 121 Å². The van der Waals surface area contributed by atoms with Crippen molar-refractivity contribution in [1.82, 2.24) is 0 Å². The number of morpholine rings is 1. The van der Waals surface area contributed by atoms with Crippen LogP contribution in [0.5, 0.6) is 0 Å². The first-order valence-electron chi connectivity index (χ1n) is 5.85. The number of rotatable bonds is 2. The molecule has 0 bridgehead atoms. The van der Waals surface area contributed by atoms with Gasteiger partial charge in [-0.1, -0.05) is 11.6 Å². The van der Waals surface area contributed by atoms with Crippen LogP contribution in [0.25, 0.3) is 0 Å². The molecule has 1 aliphatic rings. The molecule has 0 aliphatic carbocycles. The fraction of sp³-hybridized carbons (Fsp3) is 0.417. The number of halogens is 5. The van der Waals surface area contributed by atoms with E-state index in [1.165, 1.54) is 0 Å². The second kappa shape index (κ2) is 5.69. The maximum atomic E-state index is 13.7. The Balaban J connectivity index is 2.43. The van der Waals surface area contributed by atoms with Crippen molar-refractivity contribution in [3.63, 3.8) is 0 Å². The van der Waals surface area contributed by atoms with Crippen molar-refractivity contribution in [3.05, 3.63) is 28.5 Å². The van der Waals surface area contributed by atoms with E-state index >= 15 is 0 Å². The Kier molecular flexibility index (Phi) is 4.29. The van der Waals surface area contributed by atoms with Crippen LogP contribution in [0.4, 0.5) is 23.2 Å². The van der Waals surface area contributed by atoms with Crippen LogP contribution in [-0.4, -0.2) is 43.1 Å². The van der Waals surface area contributed by atoms with Gasteiger partial charge in [0.15, 0.2) is 0 Å². The normalized spacial score (nSPS) is 19.7. The van der Waals surface area contributed by atoms with E-state index in [2.05, 4.69) is 0 Å². The second-order valence-corrected chi connectivity index (χ2v) is 4.82.